The van der Waals surface area contributed by atoms with Crippen molar-refractivity contribution in [2.75, 3.05) is 20.8 Å². The molecule has 1 N–H and O–H groups in total. The number of nitro groups is 1. The summed E-state index contributed by atoms with van der Waals surface area (Å²) in [5.74, 6) is 0.388. The molecule has 5 rings (SSSR count). The van der Waals surface area contributed by atoms with Crippen molar-refractivity contribution >= 4 is 21.6 Å². The summed E-state index contributed by atoms with van der Waals surface area (Å²) in [6.07, 6.45) is 0.801. The molecule has 0 radical (unpaired) electrons. The highest BCUT2D eigenvalue weighted by Gasteiger charge is 2.30. The highest BCUT2D eigenvalue weighted by molar-refractivity contribution is 7.90. The van der Waals surface area contributed by atoms with E-state index in [0.717, 1.165) is 35.7 Å². The smallest absolute Gasteiger partial charge is 0.270 e. The van der Waals surface area contributed by atoms with Crippen LogP contribution < -0.4 is 14.2 Å². The number of sulfonamides is 1. The second-order valence-electron chi connectivity index (χ2n) is 9.83. The van der Waals surface area contributed by atoms with Crippen LogP contribution in [0.4, 0.5) is 5.69 Å². The number of benzene rings is 4. The number of nitrogens with one attached hydrogen (secondary N) is 1. The molecule has 0 fully saturated rings. The molecule has 10 nitrogen and oxygen atoms in total. The highest BCUT2D eigenvalue weighted by atomic mass is 32.2. The van der Waals surface area contributed by atoms with Crippen molar-refractivity contribution in [2.24, 2.45) is 0 Å². The summed E-state index contributed by atoms with van der Waals surface area (Å²) in [5, 5.41) is 11.0. The fourth-order valence-corrected chi connectivity index (χ4v) is 6.18. The molecule has 1 amide bonds. The summed E-state index contributed by atoms with van der Waals surface area (Å²) in [7, 11) is -0.970. The molecule has 1 atom stereocenters. The van der Waals surface area contributed by atoms with E-state index in [1.807, 2.05) is 35.1 Å². The number of nitro benzene ring substituents is 1. The fraction of sp³-hybridized carbons (Fsp3) is 0.194. The molecule has 0 saturated heterocycles. The van der Waals surface area contributed by atoms with Gasteiger partial charge in [-0.05, 0) is 59.0 Å². The summed E-state index contributed by atoms with van der Waals surface area (Å²) in [6.45, 7) is 1.31. The van der Waals surface area contributed by atoms with Crippen LogP contribution in [0.25, 0.3) is 0 Å². The van der Waals surface area contributed by atoms with Crippen LogP contribution in [0.15, 0.2) is 95.9 Å². The molecule has 1 aliphatic rings. The van der Waals surface area contributed by atoms with Crippen LogP contribution in [0.3, 0.4) is 0 Å². The second kappa shape index (κ2) is 12.0. The Kier molecular flexibility index (Phi) is 8.23. The van der Waals surface area contributed by atoms with Crippen LogP contribution in [-0.4, -0.2) is 44.9 Å². The lowest BCUT2D eigenvalue weighted by atomic mass is 9.87. The Morgan fingerprint density at radius 1 is 0.952 bits per heavy atom. The number of hydrogen-bond acceptors (Lipinski definition) is 8. The number of methoxy groups -OCH3 is 2. The summed E-state index contributed by atoms with van der Waals surface area (Å²) >= 11 is 0. The average molecular weight is 588 g/mol. The quantitative estimate of drug-likeness (QED) is 0.217. The van der Waals surface area contributed by atoms with Crippen molar-refractivity contribution in [1.29, 1.82) is 0 Å². The van der Waals surface area contributed by atoms with E-state index in [4.69, 9.17) is 9.47 Å². The van der Waals surface area contributed by atoms with Gasteiger partial charge in [-0.1, -0.05) is 48.5 Å². The zero-order chi connectivity index (χ0) is 29.9. The molecule has 0 aromatic heterocycles. The van der Waals surface area contributed by atoms with Crippen molar-refractivity contribution in [1.82, 2.24) is 9.62 Å². The molecule has 0 saturated carbocycles. The third-order valence-electron chi connectivity index (χ3n) is 7.25. The van der Waals surface area contributed by atoms with Gasteiger partial charge < -0.3 is 9.47 Å². The van der Waals surface area contributed by atoms with Gasteiger partial charge in [-0.2, -0.15) is 0 Å². The van der Waals surface area contributed by atoms with Crippen molar-refractivity contribution in [3.05, 3.63) is 129 Å². The van der Waals surface area contributed by atoms with E-state index in [-0.39, 0.29) is 22.2 Å². The summed E-state index contributed by atoms with van der Waals surface area (Å²) in [5.41, 5.74) is 3.87. The van der Waals surface area contributed by atoms with Gasteiger partial charge >= 0.3 is 0 Å². The van der Waals surface area contributed by atoms with Gasteiger partial charge in [0.25, 0.3) is 21.6 Å². The van der Waals surface area contributed by atoms with Gasteiger partial charge in [0.05, 0.1) is 30.1 Å². The predicted octanol–water partition coefficient (Wildman–Crippen LogP) is 4.88. The molecule has 1 unspecified atom stereocenters. The molecule has 4 aromatic rings. The summed E-state index contributed by atoms with van der Waals surface area (Å²) in [4.78, 5) is 25.2. The van der Waals surface area contributed by atoms with E-state index >= 15 is 0 Å². The predicted molar refractivity (Wildman–Crippen MR) is 156 cm³/mol. The molecule has 1 heterocycles. The van der Waals surface area contributed by atoms with E-state index in [2.05, 4.69) is 17.0 Å². The monoisotopic (exact) mass is 587 g/mol. The Balaban J connectivity index is 1.38. The van der Waals surface area contributed by atoms with Crippen LogP contribution in [0, 0.1) is 10.1 Å². The van der Waals surface area contributed by atoms with Crippen LogP contribution in [0.5, 0.6) is 11.5 Å². The van der Waals surface area contributed by atoms with Gasteiger partial charge in [0.15, 0.2) is 11.5 Å². The van der Waals surface area contributed by atoms with Crippen molar-refractivity contribution in [3.8, 4) is 11.5 Å². The molecule has 216 valence electrons. The normalized spacial score (nSPS) is 15.0. The molecular formula is C31H29N3O7S. The van der Waals surface area contributed by atoms with Gasteiger partial charge in [0.1, 0.15) is 0 Å². The SMILES string of the molecule is COc1cc2c(cc1OC)C(c1ccccc1)N(Cc1ccc(S(=O)(=O)NC(=O)c3cccc([N+](=O)[O-])c3)cc1)CC2. The zero-order valence-electron chi connectivity index (χ0n) is 23.0. The number of amides is 1. The Morgan fingerprint density at radius 2 is 1.64 bits per heavy atom. The number of ether oxygens (including phenoxy) is 2. The minimum absolute atomic E-state index is 0.0626. The van der Waals surface area contributed by atoms with Crippen LogP contribution in [0.2, 0.25) is 0 Å². The molecule has 0 aliphatic carbocycles. The lowest BCUT2D eigenvalue weighted by Crippen LogP contribution is -2.35. The van der Waals surface area contributed by atoms with Crippen LogP contribution in [0.1, 0.15) is 38.7 Å². The second-order valence-corrected chi connectivity index (χ2v) is 11.5. The van der Waals surface area contributed by atoms with E-state index in [9.17, 15) is 23.3 Å². The standard InChI is InChI=1S/C31H29N3O7S/c1-40-28-18-23-15-16-33(30(22-7-4-3-5-8-22)27(23)19-29(28)41-2)20-21-11-13-26(14-12-21)42(38,39)32-31(35)24-9-6-10-25(17-24)34(36)37/h3-14,17-19,30H,15-16,20H2,1-2H3,(H,32,35). The molecule has 1 aliphatic heterocycles. The van der Waals surface area contributed by atoms with Gasteiger partial charge in [0, 0.05) is 30.8 Å². The number of rotatable bonds is 9. The van der Waals surface area contributed by atoms with E-state index in [1.165, 1.54) is 35.9 Å². The molecular weight excluding hydrogens is 558 g/mol. The lowest BCUT2D eigenvalue weighted by Gasteiger charge is -2.38. The van der Waals surface area contributed by atoms with Gasteiger partial charge in [-0.3, -0.25) is 19.8 Å². The first kappa shape index (κ1) is 28.8. The van der Waals surface area contributed by atoms with Crippen molar-refractivity contribution < 1.29 is 27.6 Å². The van der Waals surface area contributed by atoms with Gasteiger partial charge in [-0.25, -0.2) is 13.1 Å². The van der Waals surface area contributed by atoms with Crippen LogP contribution >= 0.6 is 0 Å². The molecule has 4 aromatic carbocycles. The largest absolute Gasteiger partial charge is 0.493 e. The minimum Gasteiger partial charge on any atom is -0.493 e. The molecule has 0 spiro atoms. The number of carbonyl (C=O) groups excluding carboxylic acids is 1. The van der Waals surface area contributed by atoms with E-state index < -0.39 is 20.9 Å². The number of non-ortho nitro benzene ring substituents is 1. The Morgan fingerprint density at radius 3 is 2.31 bits per heavy atom. The first-order chi connectivity index (χ1) is 20.2. The first-order valence-electron chi connectivity index (χ1n) is 13.1. The zero-order valence-corrected chi connectivity index (χ0v) is 23.8. The molecule has 42 heavy (non-hydrogen) atoms. The Labute approximate surface area is 243 Å². The lowest BCUT2D eigenvalue weighted by molar-refractivity contribution is -0.384. The van der Waals surface area contributed by atoms with Gasteiger partial charge in [-0.15, -0.1) is 0 Å². The highest BCUT2D eigenvalue weighted by Crippen LogP contribution is 2.41. The van der Waals surface area contributed by atoms with E-state index in [0.29, 0.717) is 18.0 Å². The number of hydrogen-bond donors (Lipinski definition) is 1. The fourth-order valence-electron chi connectivity index (χ4n) is 5.20. The Bertz CT molecular complexity index is 1730. The summed E-state index contributed by atoms with van der Waals surface area (Å²) in [6, 6.07) is 25.4. The molecule has 11 heteroatoms. The van der Waals surface area contributed by atoms with E-state index in [1.54, 1.807) is 26.4 Å². The maximum atomic E-state index is 12.9. The minimum atomic E-state index is -4.21. The van der Waals surface area contributed by atoms with Crippen LogP contribution in [-0.2, 0) is 23.0 Å². The first-order valence-corrected chi connectivity index (χ1v) is 14.6. The number of carbonyl (C=O) groups is 1. The van der Waals surface area contributed by atoms with Gasteiger partial charge in [0.2, 0.25) is 0 Å². The number of nitrogens with zero attached hydrogens (tertiary/aromatic N) is 2. The van der Waals surface area contributed by atoms with Crippen molar-refractivity contribution in [2.45, 2.75) is 23.9 Å². The summed E-state index contributed by atoms with van der Waals surface area (Å²) < 4.78 is 39.0. The van der Waals surface area contributed by atoms with Crippen molar-refractivity contribution in [3.63, 3.8) is 0 Å². The third-order valence-corrected chi connectivity index (χ3v) is 8.60. The average Bonchev–Trinajstić information content (AvgIpc) is 3.00. The topological polar surface area (TPSA) is 128 Å². The maximum absolute atomic E-state index is 12.9. The maximum Gasteiger partial charge on any atom is 0.270 e. The Hall–Kier alpha value is -4.74. The molecule has 0 bridgehead atoms. The third kappa shape index (κ3) is 5.97. The number of fused-ring (bicyclic) bond motifs is 1.